The van der Waals surface area contributed by atoms with Crippen LogP contribution in [0.3, 0.4) is 0 Å². The SMILES string of the molecule is CC(C)(C)OC(=O)NC(COCc1ccc(OCc2ccc(-c3cccc4c3oc3ccccc34)c(C(C)(C)C)c2)cc1)C(=O)O. The number of fused-ring (bicyclic) bond motifs is 3. The molecule has 0 aliphatic heterocycles. The first kappa shape index (κ1) is 32.6. The summed E-state index contributed by atoms with van der Waals surface area (Å²) in [5.41, 5.74) is 6.21. The highest BCUT2D eigenvalue weighted by molar-refractivity contribution is 6.09. The molecule has 0 aliphatic carbocycles. The number of carbonyl (C=O) groups is 2. The number of para-hydroxylation sites is 2. The van der Waals surface area contributed by atoms with E-state index < -0.39 is 23.7 Å². The lowest BCUT2D eigenvalue weighted by Crippen LogP contribution is -2.46. The summed E-state index contributed by atoms with van der Waals surface area (Å²) in [6, 6.07) is 27.1. The van der Waals surface area contributed by atoms with Crippen molar-refractivity contribution in [3.63, 3.8) is 0 Å². The highest BCUT2D eigenvalue weighted by Crippen LogP contribution is 2.40. The molecule has 0 saturated heterocycles. The molecule has 0 spiro atoms. The molecule has 1 aromatic heterocycles. The van der Waals surface area contributed by atoms with Crippen LogP contribution in [0, 0.1) is 0 Å². The molecule has 240 valence electrons. The molecule has 1 atom stereocenters. The zero-order valence-corrected chi connectivity index (χ0v) is 27.2. The average Bonchev–Trinajstić information content (AvgIpc) is 3.38. The van der Waals surface area contributed by atoms with E-state index in [0.717, 1.165) is 44.2 Å². The van der Waals surface area contributed by atoms with Crippen molar-refractivity contribution in [3.05, 3.63) is 102 Å². The molecule has 1 unspecified atom stereocenters. The fourth-order valence-electron chi connectivity index (χ4n) is 5.26. The summed E-state index contributed by atoms with van der Waals surface area (Å²) in [6.45, 7) is 12.1. The third-order valence-electron chi connectivity index (χ3n) is 7.46. The number of carboxylic acids is 1. The van der Waals surface area contributed by atoms with Gasteiger partial charge in [-0.05, 0) is 66.6 Å². The van der Waals surface area contributed by atoms with Crippen LogP contribution < -0.4 is 10.1 Å². The van der Waals surface area contributed by atoms with Gasteiger partial charge >= 0.3 is 12.1 Å². The standard InChI is InChI=1S/C38H41NO7/c1-37(2,3)31-20-25(16-19-27(31)29-11-9-12-30-28-10-7-8-13-33(28)45-34(29)30)22-44-26-17-14-24(15-18-26)21-43-23-32(35(40)41)39-36(42)46-38(4,5)6/h7-20,32H,21-23H2,1-6H3,(H,39,42)(H,40,41). The van der Waals surface area contributed by atoms with E-state index in [9.17, 15) is 14.7 Å². The van der Waals surface area contributed by atoms with Gasteiger partial charge in [0.1, 0.15) is 29.1 Å². The van der Waals surface area contributed by atoms with Crippen LogP contribution in [0.2, 0.25) is 0 Å². The molecule has 46 heavy (non-hydrogen) atoms. The summed E-state index contributed by atoms with van der Waals surface area (Å²) in [7, 11) is 0. The molecule has 8 heteroatoms. The predicted molar refractivity (Wildman–Crippen MR) is 179 cm³/mol. The summed E-state index contributed by atoms with van der Waals surface area (Å²) in [4.78, 5) is 23.5. The fraction of sp³-hybridized carbons (Fsp3) is 0.316. The molecule has 5 rings (SSSR count). The number of carbonyl (C=O) groups excluding carboxylic acids is 1. The summed E-state index contributed by atoms with van der Waals surface area (Å²) in [6.07, 6.45) is -0.808. The van der Waals surface area contributed by atoms with E-state index >= 15 is 0 Å². The van der Waals surface area contributed by atoms with Crippen LogP contribution in [0.25, 0.3) is 33.1 Å². The minimum Gasteiger partial charge on any atom is -0.489 e. The third kappa shape index (κ3) is 7.87. The van der Waals surface area contributed by atoms with Gasteiger partial charge < -0.3 is 29.1 Å². The molecule has 0 aliphatic rings. The normalized spacial score (nSPS) is 12.7. The number of furan rings is 1. The molecule has 0 saturated carbocycles. The smallest absolute Gasteiger partial charge is 0.408 e. The Balaban J connectivity index is 1.23. The van der Waals surface area contributed by atoms with E-state index in [0.29, 0.717) is 12.4 Å². The van der Waals surface area contributed by atoms with Gasteiger partial charge in [0, 0.05) is 16.3 Å². The Morgan fingerprint density at radius 2 is 1.50 bits per heavy atom. The zero-order valence-electron chi connectivity index (χ0n) is 27.2. The minimum absolute atomic E-state index is 0.122. The quantitative estimate of drug-likeness (QED) is 0.160. The third-order valence-corrected chi connectivity index (χ3v) is 7.46. The number of amides is 1. The van der Waals surface area contributed by atoms with Crippen molar-refractivity contribution < 1.29 is 33.3 Å². The topological polar surface area (TPSA) is 107 Å². The van der Waals surface area contributed by atoms with E-state index in [1.54, 1.807) is 20.8 Å². The zero-order chi connectivity index (χ0) is 33.1. The first-order valence-electron chi connectivity index (χ1n) is 15.3. The van der Waals surface area contributed by atoms with Crippen LogP contribution in [0.5, 0.6) is 5.75 Å². The first-order chi connectivity index (χ1) is 21.8. The summed E-state index contributed by atoms with van der Waals surface area (Å²) in [5, 5.41) is 14.0. The van der Waals surface area contributed by atoms with Crippen molar-refractivity contribution in [2.24, 2.45) is 0 Å². The molecule has 5 aromatic rings. The second-order valence-electron chi connectivity index (χ2n) is 13.4. The van der Waals surface area contributed by atoms with E-state index in [1.165, 1.54) is 5.56 Å². The number of aliphatic carboxylic acids is 1. The van der Waals surface area contributed by atoms with Gasteiger partial charge in [-0.3, -0.25) is 0 Å². The van der Waals surface area contributed by atoms with Crippen LogP contribution in [0.1, 0.15) is 58.2 Å². The Kier molecular flexibility index (Phi) is 9.39. The highest BCUT2D eigenvalue weighted by atomic mass is 16.6. The van der Waals surface area contributed by atoms with Crippen molar-refractivity contribution in [1.29, 1.82) is 0 Å². The van der Waals surface area contributed by atoms with Crippen molar-refractivity contribution in [3.8, 4) is 16.9 Å². The number of hydrogen-bond donors (Lipinski definition) is 2. The van der Waals surface area contributed by atoms with E-state index in [2.05, 4.69) is 68.6 Å². The van der Waals surface area contributed by atoms with Crippen LogP contribution in [-0.2, 0) is 32.9 Å². The van der Waals surface area contributed by atoms with Gasteiger partial charge in [-0.15, -0.1) is 0 Å². The van der Waals surface area contributed by atoms with Crippen molar-refractivity contribution >= 4 is 34.0 Å². The number of ether oxygens (including phenoxy) is 3. The summed E-state index contributed by atoms with van der Waals surface area (Å²) < 4.78 is 23.2. The molecular formula is C38H41NO7. The molecule has 0 bridgehead atoms. The van der Waals surface area contributed by atoms with Gasteiger partial charge in [0.25, 0.3) is 0 Å². The van der Waals surface area contributed by atoms with Crippen LogP contribution in [0.15, 0.2) is 89.3 Å². The Hall–Kier alpha value is -4.82. The van der Waals surface area contributed by atoms with Crippen LogP contribution >= 0.6 is 0 Å². The lowest BCUT2D eigenvalue weighted by atomic mass is 9.80. The average molecular weight is 624 g/mol. The molecule has 2 N–H and O–H groups in total. The predicted octanol–water partition coefficient (Wildman–Crippen LogP) is 8.62. The number of carboxylic acid groups (broad SMARTS) is 1. The van der Waals surface area contributed by atoms with Gasteiger partial charge in [0.15, 0.2) is 6.04 Å². The van der Waals surface area contributed by atoms with Crippen molar-refractivity contribution in [1.82, 2.24) is 5.32 Å². The van der Waals surface area contributed by atoms with Gasteiger partial charge in [0.05, 0.1) is 13.2 Å². The van der Waals surface area contributed by atoms with Gasteiger partial charge in [-0.1, -0.05) is 87.5 Å². The van der Waals surface area contributed by atoms with E-state index in [1.807, 2.05) is 42.5 Å². The molecule has 1 heterocycles. The maximum Gasteiger partial charge on any atom is 0.408 e. The molecule has 8 nitrogen and oxygen atoms in total. The number of nitrogens with one attached hydrogen (secondary N) is 1. The molecule has 0 fully saturated rings. The van der Waals surface area contributed by atoms with E-state index in [-0.39, 0.29) is 18.6 Å². The maximum atomic E-state index is 12.0. The molecule has 1 amide bonds. The molecular weight excluding hydrogens is 582 g/mol. The van der Waals surface area contributed by atoms with Crippen LogP contribution in [-0.4, -0.2) is 35.4 Å². The monoisotopic (exact) mass is 623 g/mol. The second kappa shape index (κ2) is 13.3. The van der Waals surface area contributed by atoms with Crippen molar-refractivity contribution in [2.75, 3.05) is 6.61 Å². The number of benzene rings is 4. The number of alkyl carbamates (subject to hydrolysis) is 1. The first-order valence-corrected chi connectivity index (χ1v) is 15.3. The van der Waals surface area contributed by atoms with Crippen molar-refractivity contribution in [2.45, 2.75) is 71.8 Å². The highest BCUT2D eigenvalue weighted by Gasteiger charge is 2.25. The van der Waals surface area contributed by atoms with E-state index in [4.69, 9.17) is 18.6 Å². The Bertz CT molecular complexity index is 1840. The molecule has 0 radical (unpaired) electrons. The molecule has 4 aromatic carbocycles. The van der Waals surface area contributed by atoms with Gasteiger partial charge in [0.2, 0.25) is 0 Å². The Labute approximate surface area is 269 Å². The Morgan fingerprint density at radius 1 is 0.804 bits per heavy atom. The van der Waals surface area contributed by atoms with Crippen LogP contribution in [0.4, 0.5) is 4.79 Å². The minimum atomic E-state index is -1.23. The van der Waals surface area contributed by atoms with Gasteiger partial charge in [-0.2, -0.15) is 0 Å². The lowest BCUT2D eigenvalue weighted by molar-refractivity contribution is -0.141. The maximum absolute atomic E-state index is 12.0. The van der Waals surface area contributed by atoms with Gasteiger partial charge in [-0.25, -0.2) is 9.59 Å². The largest absolute Gasteiger partial charge is 0.489 e. The number of hydrogen-bond acceptors (Lipinski definition) is 6. The Morgan fingerprint density at radius 3 is 2.20 bits per heavy atom. The number of rotatable bonds is 10. The summed E-state index contributed by atoms with van der Waals surface area (Å²) >= 11 is 0. The summed E-state index contributed by atoms with van der Waals surface area (Å²) in [5.74, 6) is -0.504. The lowest BCUT2D eigenvalue weighted by Gasteiger charge is -2.24. The second-order valence-corrected chi connectivity index (χ2v) is 13.4. The fourth-order valence-corrected chi connectivity index (χ4v) is 5.26.